The first-order chi connectivity index (χ1) is 8.52. The second kappa shape index (κ2) is 9.16. The Morgan fingerprint density at radius 1 is 1.00 bits per heavy atom. The van der Waals surface area contributed by atoms with E-state index < -0.39 is 11.9 Å². The molecule has 0 saturated carbocycles. The molecule has 1 heterocycles. The number of aliphatic hydroxyl groups excluding tert-OH is 2. The van der Waals surface area contributed by atoms with E-state index in [9.17, 15) is 9.59 Å². The number of carbonyl (C=O) groups is 2. The number of rotatable bonds is 6. The molecule has 0 saturated heterocycles. The molecule has 18 heavy (non-hydrogen) atoms. The van der Waals surface area contributed by atoms with E-state index >= 15 is 0 Å². The molecule has 4 N–H and O–H groups in total. The molecular formula is C10H14O8. The minimum atomic E-state index is -1.28. The van der Waals surface area contributed by atoms with E-state index in [0.717, 1.165) is 12.1 Å². The molecule has 8 nitrogen and oxygen atoms in total. The highest BCUT2D eigenvalue weighted by Gasteiger charge is 2.12. The maximum Gasteiger partial charge on any atom is 0.371 e. The summed E-state index contributed by atoms with van der Waals surface area (Å²) < 4.78 is 9.04. The molecule has 0 aliphatic carbocycles. The minimum Gasteiger partial charge on any atom is -0.475 e. The molecule has 0 amide bonds. The molecule has 0 atom stereocenters. The average Bonchev–Trinajstić information content (AvgIpc) is 2.80. The van der Waals surface area contributed by atoms with Gasteiger partial charge >= 0.3 is 11.9 Å². The Hall–Kier alpha value is -1.90. The first kappa shape index (κ1) is 16.1. The van der Waals surface area contributed by atoms with Crippen molar-refractivity contribution in [3.8, 4) is 0 Å². The molecule has 8 heteroatoms. The smallest absolute Gasteiger partial charge is 0.371 e. The number of aromatic carboxylic acids is 2. The standard InChI is InChI=1S/C6H4O5.C4H10O3/c7-5(8)3-1-2-4(11-3)6(9)10;5-1-3-7-4-2-6/h1-2H,(H,7,8)(H,9,10);5-6H,1-4H2. The number of furan rings is 1. The van der Waals surface area contributed by atoms with Gasteiger partial charge in [0.15, 0.2) is 0 Å². The second-order valence-electron chi connectivity index (χ2n) is 2.83. The van der Waals surface area contributed by atoms with Crippen LogP contribution in [0.2, 0.25) is 0 Å². The maximum absolute atomic E-state index is 10.2. The second-order valence-corrected chi connectivity index (χ2v) is 2.83. The van der Waals surface area contributed by atoms with Crippen LogP contribution in [0, 0.1) is 0 Å². The molecule has 0 aliphatic rings. The lowest BCUT2D eigenvalue weighted by Crippen LogP contribution is -2.03. The number of aliphatic hydroxyl groups is 2. The Kier molecular flexibility index (Phi) is 8.20. The molecule has 102 valence electrons. The third kappa shape index (κ3) is 6.63. The van der Waals surface area contributed by atoms with Gasteiger partial charge in [0.1, 0.15) is 0 Å². The molecule has 0 bridgehead atoms. The van der Waals surface area contributed by atoms with Crippen LogP contribution in [-0.4, -0.2) is 58.8 Å². The summed E-state index contributed by atoms with van der Waals surface area (Å²) in [6.07, 6.45) is 0. The largest absolute Gasteiger partial charge is 0.475 e. The van der Waals surface area contributed by atoms with Gasteiger partial charge in [0.2, 0.25) is 11.5 Å². The summed E-state index contributed by atoms with van der Waals surface area (Å²) in [5, 5.41) is 32.8. The summed E-state index contributed by atoms with van der Waals surface area (Å²) in [5.74, 6) is -3.31. The van der Waals surface area contributed by atoms with Crippen LogP contribution in [0.5, 0.6) is 0 Å². The lowest BCUT2D eigenvalue weighted by Gasteiger charge is -1.94. The van der Waals surface area contributed by atoms with Gasteiger partial charge in [0.05, 0.1) is 26.4 Å². The van der Waals surface area contributed by atoms with Crippen LogP contribution in [0.4, 0.5) is 0 Å². The predicted molar refractivity (Wildman–Crippen MR) is 57.6 cm³/mol. The van der Waals surface area contributed by atoms with Crippen molar-refractivity contribution in [2.75, 3.05) is 26.4 Å². The molecule has 0 aliphatic heterocycles. The topological polar surface area (TPSA) is 137 Å². The fraction of sp³-hybridized carbons (Fsp3) is 0.400. The van der Waals surface area contributed by atoms with Crippen LogP contribution >= 0.6 is 0 Å². The number of hydrogen-bond donors (Lipinski definition) is 4. The van der Waals surface area contributed by atoms with E-state index in [1.165, 1.54) is 0 Å². The van der Waals surface area contributed by atoms with Crippen LogP contribution in [0.15, 0.2) is 16.5 Å². The van der Waals surface area contributed by atoms with E-state index in [1.54, 1.807) is 0 Å². The average molecular weight is 262 g/mol. The predicted octanol–water partition coefficient (Wildman–Crippen LogP) is -0.336. The lowest BCUT2D eigenvalue weighted by molar-refractivity contribution is 0.0631. The van der Waals surface area contributed by atoms with Gasteiger partial charge in [-0.3, -0.25) is 0 Å². The van der Waals surface area contributed by atoms with Gasteiger partial charge in [0.25, 0.3) is 0 Å². The summed E-state index contributed by atoms with van der Waals surface area (Å²) in [6.45, 7) is 0.696. The van der Waals surface area contributed by atoms with Gasteiger partial charge in [-0.15, -0.1) is 0 Å². The Morgan fingerprint density at radius 3 is 1.61 bits per heavy atom. The number of ether oxygens (including phenoxy) is 1. The lowest BCUT2D eigenvalue weighted by atomic mass is 10.4. The number of carboxylic acid groups (broad SMARTS) is 2. The molecule has 0 unspecified atom stereocenters. The third-order valence-electron chi connectivity index (χ3n) is 1.50. The van der Waals surface area contributed by atoms with E-state index in [1.807, 2.05) is 0 Å². The Balaban J connectivity index is 0.000000360. The van der Waals surface area contributed by atoms with Crippen molar-refractivity contribution in [1.29, 1.82) is 0 Å². The van der Waals surface area contributed by atoms with Crippen LogP contribution in [0.1, 0.15) is 21.1 Å². The Morgan fingerprint density at radius 2 is 1.39 bits per heavy atom. The van der Waals surface area contributed by atoms with Gasteiger partial charge in [-0.2, -0.15) is 0 Å². The normalized spacial score (nSPS) is 9.44. The van der Waals surface area contributed by atoms with Crippen LogP contribution < -0.4 is 0 Å². The van der Waals surface area contributed by atoms with E-state index in [4.69, 9.17) is 20.4 Å². The molecule has 0 radical (unpaired) electrons. The summed E-state index contributed by atoms with van der Waals surface area (Å²) in [6, 6.07) is 2.18. The Bertz CT molecular complexity index is 337. The van der Waals surface area contributed by atoms with Crippen molar-refractivity contribution in [3.63, 3.8) is 0 Å². The zero-order valence-electron chi connectivity index (χ0n) is 9.40. The quantitative estimate of drug-likeness (QED) is 0.511. The Labute approximate surface area is 102 Å². The van der Waals surface area contributed by atoms with Crippen molar-refractivity contribution in [2.24, 2.45) is 0 Å². The fourth-order valence-corrected chi connectivity index (χ4v) is 0.799. The van der Waals surface area contributed by atoms with Crippen molar-refractivity contribution < 1.29 is 39.2 Å². The van der Waals surface area contributed by atoms with Crippen LogP contribution in [0.25, 0.3) is 0 Å². The van der Waals surface area contributed by atoms with Gasteiger partial charge in [0, 0.05) is 0 Å². The molecule has 0 spiro atoms. The van der Waals surface area contributed by atoms with Crippen molar-refractivity contribution in [2.45, 2.75) is 0 Å². The summed E-state index contributed by atoms with van der Waals surface area (Å²) in [4.78, 5) is 20.3. The van der Waals surface area contributed by atoms with Crippen LogP contribution in [-0.2, 0) is 4.74 Å². The summed E-state index contributed by atoms with van der Waals surface area (Å²) in [5.41, 5.74) is 0. The van der Waals surface area contributed by atoms with Gasteiger partial charge in [-0.05, 0) is 12.1 Å². The first-order valence-corrected chi connectivity index (χ1v) is 4.88. The highest BCUT2D eigenvalue weighted by molar-refractivity contribution is 5.88. The van der Waals surface area contributed by atoms with E-state index in [2.05, 4.69) is 9.15 Å². The summed E-state index contributed by atoms with van der Waals surface area (Å²) >= 11 is 0. The molecule has 0 fully saturated rings. The SMILES string of the molecule is O=C(O)c1ccc(C(=O)O)o1.OCCOCCO. The van der Waals surface area contributed by atoms with E-state index in [0.29, 0.717) is 13.2 Å². The first-order valence-electron chi connectivity index (χ1n) is 4.88. The van der Waals surface area contributed by atoms with Gasteiger partial charge in [-0.1, -0.05) is 0 Å². The maximum atomic E-state index is 10.2. The van der Waals surface area contributed by atoms with Crippen molar-refractivity contribution >= 4 is 11.9 Å². The molecule has 1 rings (SSSR count). The minimum absolute atomic E-state index is 0.0278. The van der Waals surface area contributed by atoms with Gasteiger partial charge in [-0.25, -0.2) is 9.59 Å². The molecular weight excluding hydrogens is 248 g/mol. The highest BCUT2D eigenvalue weighted by Crippen LogP contribution is 2.06. The molecule has 1 aromatic rings. The number of carboxylic acids is 2. The zero-order valence-corrected chi connectivity index (χ0v) is 9.40. The molecule has 1 aromatic heterocycles. The van der Waals surface area contributed by atoms with Gasteiger partial charge < -0.3 is 29.6 Å². The zero-order chi connectivity index (χ0) is 14.0. The highest BCUT2D eigenvalue weighted by atomic mass is 16.5. The van der Waals surface area contributed by atoms with Crippen LogP contribution in [0.3, 0.4) is 0 Å². The van der Waals surface area contributed by atoms with E-state index in [-0.39, 0.29) is 24.7 Å². The number of hydrogen-bond acceptors (Lipinski definition) is 6. The third-order valence-corrected chi connectivity index (χ3v) is 1.50. The monoisotopic (exact) mass is 262 g/mol. The fourth-order valence-electron chi connectivity index (χ4n) is 0.799. The van der Waals surface area contributed by atoms with Crippen molar-refractivity contribution in [1.82, 2.24) is 0 Å². The molecule has 0 aromatic carbocycles. The van der Waals surface area contributed by atoms with Crippen molar-refractivity contribution in [3.05, 3.63) is 23.7 Å². The summed E-state index contributed by atoms with van der Waals surface area (Å²) in [7, 11) is 0.